The molecule has 2 N–H and O–H groups in total. The van der Waals surface area contributed by atoms with Gasteiger partial charge in [0, 0.05) is 11.1 Å². The number of aliphatic imine (C=N–C) groups is 1. The molecule has 0 saturated carbocycles. The Kier molecular flexibility index (Phi) is 4.96. The van der Waals surface area contributed by atoms with Gasteiger partial charge in [0.25, 0.3) is 0 Å². The Morgan fingerprint density at radius 3 is 2.61 bits per heavy atom. The molecule has 0 aliphatic heterocycles. The van der Waals surface area contributed by atoms with Crippen LogP contribution in [0.3, 0.4) is 0 Å². The Morgan fingerprint density at radius 1 is 1.07 bits per heavy atom. The standard InChI is InChI=1S/C23H18ClN3O/c1-15-6-8-16(9-7-15)23-18-14-17(10-11-21(18)27-28-23)20(12-13-25)26-22-5-3-2-4-19(22)24/h2-14H,25H2,1H3. The molecule has 0 amide bonds. The quantitative estimate of drug-likeness (QED) is 0.433. The minimum atomic E-state index is 0.580. The van der Waals surface area contributed by atoms with E-state index in [1.165, 1.54) is 11.8 Å². The summed E-state index contributed by atoms with van der Waals surface area (Å²) in [6.45, 7) is 2.05. The molecule has 0 fully saturated rings. The van der Waals surface area contributed by atoms with E-state index < -0.39 is 0 Å². The van der Waals surface area contributed by atoms with Gasteiger partial charge in [0.05, 0.1) is 21.8 Å². The van der Waals surface area contributed by atoms with Crippen LogP contribution in [0.5, 0.6) is 0 Å². The fraction of sp³-hybridized carbons (Fsp3) is 0.0435. The fourth-order valence-corrected chi connectivity index (χ4v) is 3.15. The zero-order valence-corrected chi connectivity index (χ0v) is 16.0. The first-order valence-corrected chi connectivity index (χ1v) is 9.22. The van der Waals surface area contributed by atoms with Crippen molar-refractivity contribution < 1.29 is 4.52 Å². The normalized spacial score (nSPS) is 12.1. The van der Waals surface area contributed by atoms with Crippen LogP contribution in [0.25, 0.3) is 22.2 Å². The summed E-state index contributed by atoms with van der Waals surface area (Å²) >= 11 is 6.26. The predicted molar refractivity (Wildman–Crippen MR) is 115 cm³/mol. The third-order valence-electron chi connectivity index (χ3n) is 4.43. The van der Waals surface area contributed by atoms with Gasteiger partial charge in [-0.15, -0.1) is 0 Å². The highest BCUT2D eigenvalue weighted by Crippen LogP contribution is 2.31. The van der Waals surface area contributed by atoms with Crippen LogP contribution in [0.4, 0.5) is 5.69 Å². The molecule has 28 heavy (non-hydrogen) atoms. The van der Waals surface area contributed by atoms with Crippen molar-refractivity contribution in [2.45, 2.75) is 6.92 Å². The minimum absolute atomic E-state index is 0.580. The molecular formula is C23H18ClN3O. The third kappa shape index (κ3) is 3.55. The van der Waals surface area contributed by atoms with E-state index in [1.54, 1.807) is 6.08 Å². The first-order valence-electron chi connectivity index (χ1n) is 8.84. The lowest BCUT2D eigenvalue weighted by atomic mass is 10.0. The van der Waals surface area contributed by atoms with Crippen LogP contribution in [0, 0.1) is 6.92 Å². The van der Waals surface area contributed by atoms with Gasteiger partial charge in [-0.3, -0.25) is 0 Å². The molecular weight excluding hydrogens is 370 g/mol. The average Bonchev–Trinajstić information content (AvgIpc) is 3.13. The van der Waals surface area contributed by atoms with Gasteiger partial charge in [-0.25, -0.2) is 4.99 Å². The van der Waals surface area contributed by atoms with E-state index in [0.717, 1.165) is 27.8 Å². The minimum Gasteiger partial charge on any atom is -0.405 e. The van der Waals surface area contributed by atoms with E-state index in [2.05, 4.69) is 24.2 Å². The zero-order valence-electron chi connectivity index (χ0n) is 15.3. The van der Waals surface area contributed by atoms with Crippen LogP contribution in [-0.2, 0) is 0 Å². The summed E-state index contributed by atoms with van der Waals surface area (Å²) in [6.07, 6.45) is 3.22. The molecule has 3 aromatic carbocycles. The van der Waals surface area contributed by atoms with Crippen molar-refractivity contribution in [2.24, 2.45) is 10.7 Å². The SMILES string of the molecule is Cc1ccc(-c2onc3ccc(C(C=CN)=Nc4ccccc4Cl)cc23)cc1. The number of hydrogen-bond acceptors (Lipinski definition) is 4. The molecule has 0 aliphatic rings. The van der Waals surface area contributed by atoms with E-state index in [9.17, 15) is 0 Å². The maximum Gasteiger partial charge on any atom is 0.174 e. The molecule has 0 unspecified atom stereocenters. The highest BCUT2D eigenvalue weighted by atomic mass is 35.5. The summed E-state index contributed by atoms with van der Waals surface area (Å²) in [5, 5.41) is 5.68. The van der Waals surface area contributed by atoms with Crippen LogP contribution in [-0.4, -0.2) is 10.9 Å². The van der Waals surface area contributed by atoms with Gasteiger partial charge in [0.2, 0.25) is 0 Å². The molecule has 0 aliphatic carbocycles. The van der Waals surface area contributed by atoms with Gasteiger partial charge in [0.1, 0.15) is 5.52 Å². The molecule has 0 atom stereocenters. The van der Waals surface area contributed by atoms with E-state index >= 15 is 0 Å². The largest absolute Gasteiger partial charge is 0.405 e. The lowest BCUT2D eigenvalue weighted by molar-refractivity contribution is 0.441. The fourth-order valence-electron chi connectivity index (χ4n) is 2.98. The monoisotopic (exact) mass is 387 g/mol. The van der Waals surface area contributed by atoms with Crippen LogP contribution in [0.1, 0.15) is 11.1 Å². The lowest BCUT2D eigenvalue weighted by Gasteiger charge is -2.05. The number of hydrogen-bond donors (Lipinski definition) is 1. The number of aromatic nitrogens is 1. The number of aryl methyl sites for hydroxylation is 1. The molecule has 4 nitrogen and oxygen atoms in total. The van der Waals surface area contributed by atoms with Crippen molar-refractivity contribution in [1.82, 2.24) is 5.16 Å². The lowest BCUT2D eigenvalue weighted by Crippen LogP contribution is -1.98. The highest BCUT2D eigenvalue weighted by Gasteiger charge is 2.13. The maximum absolute atomic E-state index is 6.26. The van der Waals surface area contributed by atoms with E-state index in [1.807, 2.05) is 54.6 Å². The van der Waals surface area contributed by atoms with Gasteiger partial charge in [-0.2, -0.15) is 0 Å². The van der Waals surface area contributed by atoms with E-state index in [4.69, 9.17) is 26.9 Å². The maximum atomic E-state index is 6.26. The Labute approximate surface area is 168 Å². The number of nitrogens with zero attached hydrogens (tertiary/aromatic N) is 2. The van der Waals surface area contributed by atoms with Gasteiger partial charge < -0.3 is 10.3 Å². The molecule has 1 aromatic heterocycles. The van der Waals surface area contributed by atoms with Crippen LogP contribution in [0.15, 0.2) is 88.5 Å². The zero-order chi connectivity index (χ0) is 19.5. The molecule has 0 spiro atoms. The summed E-state index contributed by atoms with van der Waals surface area (Å²) in [6, 6.07) is 21.5. The summed E-state index contributed by atoms with van der Waals surface area (Å²) in [7, 11) is 0. The second-order valence-corrected chi connectivity index (χ2v) is 6.82. The molecule has 0 saturated heterocycles. The van der Waals surface area contributed by atoms with Crippen LogP contribution in [0.2, 0.25) is 5.02 Å². The second-order valence-electron chi connectivity index (χ2n) is 6.42. The van der Waals surface area contributed by atoms with Crippen LogP contribution < -0.4 is 5.73 Å². The molecule has 138 valence electrons. The number of para-hydroxylation sites is 1. The van der Waals surface area contributed by atoms with Crippen molar-refractivity contribution in [3.05, 3.63) is 95.2 Å². The van der Waals surface area contributed by atoms with Crippen molar-refractivity contribution in [3.63, 3.8) is 0 Å². The Balaban J connectivity index is 1.84. The number of allylic oxidation sites excluding steroid dienone is 1. The topological polar surface area (TPSA) is 64.4 Å². The third-order valence-corrected chi connectivity index (χ3v) is 4.75. The second kappa shape index (κ2) is 7.71. The average molecular weight is 388 g/mol. The molecule has 4 rings (SSSR count). The van der Waals surface area contributed by atoms with Gasteiger partial charge in [0.15, 0.2) is 5.76 Å². The Hall–Kier alpha value is -3.37. The number of benzene rings is 3. The summed E-state index contributed by atoms with van der Waals surface area (Å²) in [4.78, 5) is 4.69. The first kappa shape index (κ1) is 18.0. The van der Waals surface area contributed by atoms with E-state index in [0.29, 0.717) is 16.4 Å². The molecule has 1 heterocycles. The number of rotatable bonds is 4. The molecule has 4 aromatic rings. The molecule has 5 heteroatoms. The van der Waals surface area contributed by atoms with Crippen molar-refractivity contribution >= 4 is 33.9 Å². The smallest absolute Gasteiger partial charge is 0.174 e. The number of fused-ring (bicyclic) bond motifs is 1. The summed E-state index contributed by atoms with van der Waals surface area (Å²) in [5.41, 5.74) is 10.9. The number of nitrogens with two attached hydrogens (primary N) is 1. The van der Waals surface area contributed by atoms with Crippen molar-refractivity contribution in [2.75, 3.05) is 0 Å². The van der Waals surface area contributed by atoms with Gasteiger partial charge in [-0.1, -0.05) is 64.8 Å². The highest BCUT2D eigenvalue weighted by molar-refractivity contribution is 6.33. The van der Waals surface area contributed by atoms with Crippen molar-refractivity contribution in [3.8, 4) is 11.3 Å². The van der Waals surface area contributed by atoms with Gasteiger partial charge >= 0.3 is 0 Å². The molecule has 0 bridgehead atoms. The van der Waals surface area contributed by atoms with Crippen LogP contribution >= 0.6 is 11.6 Å². The predicted octanol–water partition coefficient (Wildman–Crippen LogP) is 6.05. The first-order chi connectivity index (χ1) is 13.7. The summed E-state index contributed by atoms with van der Waals surface area (Å²) < 4.78 is 5.62. The number of halogens is 1. The molecule has 0 radical (unpaired) electrons. The summed E-state index contributed by atoms with van der Waals surface area (Å²) in [5.74, 6) is 0.727. The van der Waals surface area contributed by atoms with E-state index in [-0.39, 0.29) is 0 Å². The Bertz CT molecular complexity index is 1190. The van der Waals surface area contributed by atoms with Crippen molar-refractivity contribution in [1.29, 1.82) is 0 Å². The van der Waals surface area contributed by atoms with Gasteiger partial charge in [-0.05, 0) is 43.5 Å². The Morgan fingerprint density at radius 2 is 1.86 bits per heavy atom.